The van der Waals surface area contributed by atoms with Gasteiger partial charge in [0.25, 0.3) is 0 Å². The summed E-state index contributed by atoms with van der Waals surface area (Å²) in [5.41, 5.74) is 0.404. The molecule has 2 heterocycles. The van der Waals surface area contributed by atoms with Crippen LogP contribution >= 0.6 is 0 Å². The molecule has 1 unspecified atom stereocenters. The molecule has 0 radical (unpaired) electrons. The second kappa shape index (κ2) is 6.63. The average Bonchev–Trinajstić information content (AvgIpc) is 3.16. The van der Waals surface area contributed by atoms with Crippen LogP contribution in [0.5, 0.6) is 0 Å². The number of benzene rings is 1. The summed E-state index contributed by atoms with van der Waals surface area (Å²) in [5.74, 6) is 1.06. The first kappa shape index (κ1) is 16.5. The van der Waals surface area contributed by atoms with Gasteiger partial charge in [-0.1, -0.05) is 18.2 Å². The van der Waals surface area contributed by atoms with Gasteiger partial charge in [0, 0.05) is 24.6 Å². The summed E-state index contributed by atoms with van der Waals surface area (Å²) >= 11 is 0. The predicted octanol–water partition coefficient (Wildman–Crippen LogP) is 3.68. The molecule has 128 valence electrons. The van der Waals surface area contributed by atoms with Crippen molar-refractivity contribution in [3.05, 3.63) is 36.2 Å². The molecule has 6 nitrogen and oxygen atoms in total. The topological polar surface area (TPSA) is 68.5 Å². The zero-order valence-electron chi connectivity index (χ0n) is 14.4. The lowest BCUT2D eigenvalue weighted by atomic mass is 10.1. The van der Waals surface area contributed by atoms with Crippen molar-refractivity contribution < 1.29 is 13.9 Å². The quantitative estimate of drug-likeness (QED) is 0.859. The van der Waals surface area contributed by atoms with E-state index in [0.717, 1.165) is 18.4 Å². The highest BCUT2D eigenvalue weighted by atomic mass is 16.6. The van der Waals surface area contributed by atoms with Crippen LogP contribution in [-0.4, -0.2) is 39.4 Å². The molecule has 0 aliphatic carbocycles. The Labute approximate surface area is 141 Å². The van der Waals surface area contributed by atoms with Crippen LogP contribution in [0.1, 0.15) is 39.5 Å². The van der Waals surface area contributed by atoms with Gasteiger partial charge in [0.15, 0.2) is 0 Å². The molecule has 1 aromatic heterocycles. The predicted molar refractivity (Wildman–Crippen MR) is 89.4 cm³/mol. The Hall–Kier alpha value is -2.37. The van der Waals surface area contributed by atoms with Crippen LogP contribution in [0.4, 0.5) is 4.79 Å². The van der Waals surface area contributed by atoms with Gasteiger partial charge in [-0.15, -0.1) is 10.2 Å². The van der Waals surface area contributed by atoms with Crippen molar-refractivity contribution in [2.75, 3.05) is 6.54 Å². The summed E-state index contributed by atoms with van der Waals surface area (Å²) in [7, 11) is 0. The number of nitrogens with zero attached hydrogens (tertiary/aromatic N) is 3. The lowest BCUT2D eigenvalue weighted by Gasteiger charge is -2.28. The van der Waals surface area contributed by atoms with E-state index in [9.17, 15) is 4.79 Å². The maximum Gasteiger partial charge on any atom is 0.410 e. The fourth-order valence-electron chi connectivity index (χ4n) is 2.84. The van der Waals surface area contributed by atoms with Crippen molar-refractivity contribution in [1.29, 1.82) is 0 Å². The third-order valence-electron chi connectivity index (χ3n) is 3.90. The Morgan fingerprint density at radius 3 is 2.75 bits per heavy atom. The summed E-state index contributed by atoms with van der Waals surface area (Å²) < 4.78 is 11.2. The third kappa shape index (κ3) is 3.93. The Bertz CT molecular complexity index is 691. The lowest BCUT2D eigenvalue weighted by molar-refractivity contribution is 0.0223. The van der Waals surface area contributed by atoms with Crippen molar-refractivity contribution in [2.24, 2.45) is 0 Å². The van der Waals surface area contributed by atoms with E-state index in [1.165, 1.54) is 0 Å². The van der Waals surface area contributed by atoms with E-state index >= 15 is 0 Å². The van der Waals surface area contributed by atoms with E-state index in [4.69, 9.17) is 9.15 Å². The molecule has 1 atom stereocenters. The number of likely N-dealkylation sites (tertiary alicyclic amines) is 1. The lowest BCUT2D eigenvalue weighted by Crippen LogP contribution is -2.40. The zero-order valence-corrected chi connectivity index (χ0v) is 14.4. The number of amides is 1. The molecule has 6 heteroatoms. The standard InChI is InChI=1S/C18H23N3O3/c1-18(2,3)24-17(22)21-11-7-10-14(21)12-15-19-20-16(23-15)13-8-5-4-6-9-13/h4-6,8-9,14H,7,10-12H2,1-3H3. The Morgan fingerprint density at radius 2 is 2.04 bits per heavy atom. The van der Waals surface area contributed by atoms with E-state index in [0.29, 0.717) is 24.7 Å². The molecule has 0 N–H and O–H groups in total. The molecule has 1 aliphatic rings. The number of hydrogen-bond acceptors (Lipinski definition) is 5. The number of ether oxygens (including phenoxy) is 1. The highest BCUT2D eigenvalue weighted by molar-refractivity contribution is 5.69. The molecule has 0 bridgehead atoms. The van der Waals surface area contributed by atoms with Gasteiger partial charge in [-0.05, 0) is 45.7 Å². The summed E-state index contributed by atoms with van der Waals surface area (Å²) in [6.07, 6.45) is 2.16. The van der Waals surface area contributed by atoms with Crippen LogP contribution in [-0.2, 0) is 11.2 Å². The largest absolute Gasteiger partial charge is 0.444 e. The first-order valence-electron chi connectivity index (χ1n) is 8.30. The molecule has 3 rings (SSSR count). The summed E-state index contributed by atoms with van der Waals surface area (Å²) in [4.78, 5) is 14.1. The molecule has 1 saturated heterocycles. The van der Waals surface area contributed by atoms with Crippen LogP contribution in [0.3, 0.4) is 0 Å². The van der Waals surface area contributed by atoms with E-state index < -0.39 is 5.60 Å². The Balaban J connectivity index is 1.67. The minimum atomic E-state index is -0.491. The average molecular weight is 329 g/mol. The van der Waals surface area contributed by atoms with Gasteiger partial charge in [-0.3, -0.25) is 0 Å². The molecule has 2 aromatic rings. The fourth-order valence-corrected chi connectivity index (χ4v) is 2.84. The van der Waals surface area contributed by atoms with Crippen LogP contribution in [0.2, 0.25) is 0 Å². The summed E-state index contributed by atoms with van der Waals surface area (Å²) in [5, 5.41) is 8.24. The van der Waals surface area contributed by atoms with Crippen LogP contribution in [0, 0.1) is 0 Å². The van der Waals surface area contributed by atoms with E-state index in [1.54, 1.807) is 4.90 Å². The minimum absolute atomic E-state index is 0.0453. The number of aromatic nitrogens is 2. The molecular formula is C18H23N3O3. The summed E-state index contributed by atoms with van der Waals surface area (Å²) in [6, 6.07) is 9.71. The maximum absolute atomic E-state index is 12.3. The number of carbonyl (C=O) groups is 1. The number of carbonyl (C=O) groups excluding carboxylic acids is 1. The van der Waals surface area contributed by atoms with Gasteiger partial charge in [-0.2, -0.15) is 0 Å². The summed E-state index contributed by atoms with van der Waals surface area (Å²) in [6.45, 7) is 6.33. The minimum Gasteiger partial charge on any atom is -0.444 e. The second-order valence-electron chi connectivity index (χ2n) is 7.04. The van der Waals surface area contributed by atoms with Crippen LogP contribution < -0.4 is 0 Å². The first-order valence-corrected chi connectivity index (χ1v) is 8.30. The van der Waals surface area contributed by atoms with Gasteiger partial charge < -0.3 is 14.1 Å². The van der Waals surface area contributed by atoms with Gasteiger partial charge in [0.05, 0.1) is 0 Å². The van der Waals surface area contributed by atoms with E-state index in [2.05, 4.69) is 10.2 Å². The van der Waals surface area contributed by atoms with Crippen molar-refractivity contribution in [2.45, 2.75) is 51.7 Å². The molecule has 24 heavy (non-hydrogen) atoms. The SMILES string of the molecule is CC(C)(C)OC(=O)N1CCCC1Cc1nnc(-c2ccccc2)o1. The Kier molecular flexibility index (Phi) is 4.55. The van der Waals surface area contributed by atoms with Gasteiger partial charge in [0.2, 0.25) is 11.8 Å². The number of rotatable bonds is 3. The van der Waals surface area contributed by atoms with E-state index in [1.807, 2.05) is 51.1 Å². The molecule has 1 aliphatic heterocycles. The van der Waals surface area contributed by atoms with E-state index in [-0.39, 0.29) is 12.1 Å². The zero-order chi connectivity index (χ0) is 17.2. The highest BCUT2D eigenvalue weighted by Crippen LogP contribution is 2.25. The Morgan fingerprint density at radius 1 is 1.29 bits per heavy atom. The molecule has 1 fully saturated rings. The van der Waals surface area contributed by atoms with Crippen molar-refractivity contribution in [3.8, 4) is 11.5 Å². The molecule has 0 saturated carbocycles. The molecule has 1 amide bonds. The van der Waals surface area contributed by atoms with Crippen LogP contribution in [0.15, 0.2) is 34.7 Å². The monoisotopic (exact) mass is 329 g/mol. The molecule has 0 spiro atoms. The first-order chi connectivity index (χ1) is 11.4. The van der Waals surface area contributed by atoms with Crippen molar-refractivity contribution in [1.82, 2.24) is 15.1 Å². The fraction of sp³-hybridized carbons (Fsp3) is 0.500. The van der Waals surface area contributed by atoms with Gasteiger partial charge in [0.1, 0.15) is 5.60 Å². The van der Waals surface area contributed by atoms with Gasteiger partial charge in [-0.25, -0.2) is 4.79 Å². The smallest absolute Gasteiger partial charge is 0.410 e. The number of hydrogen-bond donors (Lipinski definition) is 0. The molecule has 1 aromatic carbocycles. The maximum atomic E-state index is 12.3. The highest BCUT2D eigenvalue weighted by Gasteiger charge is 2.33. The molecular weight excluding hydrogens is 306 g/mol. The third-order valence-corrected chi connectivity index (χ3v) is 3.90. The van der Waals surface area contributed by atoms with Gasteiger partial charge >= 0.3 is 6.09 Å². The normalized spacial score (nSPS) is 18.0. The van der Waals surface area contributed by atoms with Crippen LogP contribution in [0.25, 0.3) is 11.5 Å². The second-order valence-corrected chi connectivity index (χ2v) is 7.04. The van der Waals surface area contributed by atoms with Crippen molar-refractivity contribution >= 4 is 6.09 Å². The van der Waals surface area contributed by atoms with Crippen molar-refractivity contribution in [3.63, 3.8) is 0 Å².